The molecule has 0 spiro atoms. The second kappa shape index (κ2) is 4.92. The second-order valence-electron chi connectivity index (χ2n) is 5.30. The molecule has 0 unspecified atom stereocenters. The number of benzene rings is 1. The maximum Gasteiger partial charge on any atom is 0.323 e. The van der Waals surface area contributed by atoms with Crippen LogP contribution in [0.15, 0.2) is 47.1 Å². The largest absolute Gasteiger partial charge is 0.456 e. The van der Waals surface area contributed by atoms with Crippen LogP contribution in [0.25, 0.3) is 22.6 Å². The van der Waals surface area contributed by atoms with E-state index in [0.717, 1.165) is 30.1 Å². The van der Waals surface area contributed by atoms with Gasteiger partial charge in [0.2, 0.25) is 5.76 Å². The topological polar surface area (TPSA) is 32.8 Å². The molecule has 0 saturated heterocycles. The van der Waals surface area contributed by atoms with Gasteiger partial charge in [-0.1, -0.05) is 26.0 Å². The molecule has 0 aliphatic carbocycles. The highest BCUT2D eigenvalue weighted by Gasteiger charge is 2.21. The first kappa shape index (κ1) is 12.0. The van der Waals surface area contributed by atoms with E-state index in [1.807, 2.05) is 12.1 Å². The first-order valence-electron chi connectivity index (χ1n) is 6.80. The molecule has 0 saturated carbocycles. The Kier molecular flexibility index (Phi) is 3.11. The molecule has 3 heteroatoms. The lowest BCUT2D eigenvalue weighted by Gasteiger charge is -2.03. The minimum atomic E-state index is 0.686. The standard InChI is InChI=1S/C16H18N2O/c1-12(2)9-10-18-14-7-4-3-6-13(14)17-16(18)15-8-5-11-19-15/h3-8,11-12H,9-10H2,1-2H3/p+1. The average Bonchev–Trinajstić information content (AvgIpc) is 3.03. The van der Waals surface area contributed by atoms with Crippen molar-refractivity contribution >= 4 is 11.0 Å². The lowest BCUT2D eigenvalue weighted by Crippen LogP contribution is -2.35. The van der Waals surface area contributed by atoms with Gasteiger partial charge in [-0.2, -0.15) is 0 Å². The number of nitrogens with zero attached hydrogens (tertiary/aromatic N) is 1. The summed E-state index contributed by atoms with van der Waals surface area (Å²) in [6.45, 7) is 5.50. The van der Waals surface area contributed by atoms with E-state index < -0.39 is 0 Å². The van der Waals surface area contributed by atoms with Crippen molar-refractivity contribution in [3.05, 3.63) is 42.7 Å². The van der Waals surface area contributed by atoms with Crippen LogP contribution in [-0.2, 0) is 6.54 Å². The lowest BCUT2D eigenvalue weighted by atomic mass is 10.1. The monoisotopic (exact) mass is 255 g/mol. The highest BCUT2D eigenvalue weighted by atomic mass is 16.3. The first-order chi connectivity index (χ1) is 9.25. The number of rotatable bonds is 4. The van der Waals surface area contributed by atoms with E-state index in [9.17, 15) is 0 Å². The fraction of sp³-hybridized carbons (Fsp3) is 0.312. The van der Waals surface area contributed by atoms with Crippen LogP contribution in [-0.4, -0.2) is 4.98 Å². The Morgan fingerprint density at radius 1 is 1.16 bits per heavy atom. The molecular weight excluding hydrogens is 236 g/mol. The van der Waals surface area contributed by atoms with Crippen molar-refractivity contribution in [2.24, 2.45) is 5.92 Å². The van der Waals surface area contributed by atoms with Crippen LogP contribution >= 0.6 is 0 Å². The number of aromatic amines is 1. The summed E-state index contributed by atoms with van der Waals surface area (Å²) < 4.78 is 7.86. The third-order valence-electron chi connectivity index (χ3n) is 3.40. The van der Waals surface area contributed by atoms with Gasteiger partial charge in [0.15, 0.2) is 11.0 Å². The number of aryl methyl sites for hydroxylation is 1. The van der Waals surface area contributed by atoms with Crippen LogP contribution in [0.4, 0.5) is 0 Å². The number of para-hydroxylation sites is 2. The van der Waals surface area contributed by atoms with Crippen LogP contribution in [0.2, 0.25) is 0 Å². The summed E-state index contributed by atoms with van der Waals surface area (Å²) in [6.07, 6.45) is 2.87. The van der Waals surface area contributed by atoms with Crippen LogP contribution in [0.5, 0.6) is 0 Å². The summed E-state index contributed by atoms with van der Waals surface area (Å²) in [5.74, 6) is 2.62. The van der Waals surface area contributed by atoms with Gasteiger partial charge in [0, 0.05) is 0 Å². The summed E-state index contributed by atoms with van der Waals surface area (Å²) in [5.41, 5.74) is 2.38. The lowest BCUT2D eigenvalue weighted by molar-refractivity contribution is -0.661. The number of H-pyrrole nitrogens is 1. The number of hydrogen-bond acceptors (Lipinski definition) is 1. The number of aromatic nitrogens is 2. The normalized spacial score (nSPS) is 11.5. The highest BCUT2D eigenvalue weighted by Crippen LogP contribution is 2.19. The number of fused-ring (bicyclic) bond motifs is 1. The van der Waals surface area contributed by atoms with Gasteiger partial charge in [-0.25, -0.2) is 9.55 Å². The Labute approximate surface area is 112 Å². The summed E-state index contributed by atoms with van der Waals surface area (Å²) in [4.78, 5) is 3.46. The minimum absolute atomic E-state index is 0.686. The summed E-state index contributed by atoms with van der Waals surface area (Å²) >= 11 is 0. The molecule has 2 aromatic heterocycles. The van der Waals surface area contributed by atoms with Crippen molar-refractivity contribution in [1.82, 2.24) is 4.98 Å². The Bertz CT molecular complexity index is 665. The van der Waals surface area contributed by atoms with Gasteiger partial charge in [-0.05, 0) is 36.6 Å². The Hall–Kier alpha value is -2.03. The molecule has 0 bridgehead atoms. The van der Waals surface area contributed by atoms with Crippen molar-refractivity contribution < 1.29 is 8.98 Å². The van der Waals surface area contributed by atoms with Crippen molar-refractivity contribution in [1.29, 1.82) is 0 Å². The molecule has 3 rings (SSSR count). The predicted molar refractivity (Wildman–Crippen MR) is 75.7 cm³/mol. The zero-order chi connectivity index (χ0) is 13.2. The Morgan fingerprint density at radius 2 is 2.00 bits per heavy atom. The molecule has 0 fully saturated rings. The molecule has 0 atom stereocenters. The Balaban J connectivity index is 2.11. The summed E-state index contributed by atoms with van der Waals surface area (Å²) in [5, 5.41) is 0. The molecule has 1 aromatic carbocycles. The third-order valence-corrected chi connectivity index (χ3v) is 3.40. The highest BCUT2D eigenvalue weighted by molar-refractivity contribution is 5.73. The zero-order valence-electron chi connectivity index (χ0n) is 11.4. The van der Waals surface area contributed by atoms with Gasteiger partial charge < -0.3 is 4.42 Å². The molecule has 1 N–H and O–H groups in total. The third kappa shape index (κ3) is 2.28. The van der Waals surface area contributed by atoms with E-state index in [0.29, 0.717) is 5.92 Å². The second-order valence-corrected chi connectivity index (χ2v) is 5.30. The van der Waals surface area contributed by atoms with Crippen LogP contribution in [0, 0.1) is 5.92 Å². The molecular formula is C16H19N2O+. The SMILES string of the molecule is CC(C)CC[n+]1c(-c2ccco2)[nH]c2ccccc21. The van der Waals surface area contributed by atoms with E-state index in [1.165, 1.54) is 5.52 Å². The van der Waals surface area contributed by atoms with Crippen molar-refractivity contribution in [3.63, 3.8) is 0 Å². The van der Waals surface area contributed by atoms with Gasteiger partial charge in [0.1, 0.15) is 0 Å². The molecule has 0 radical (unpaired) electrons. The van der Waals surface area contributed by atoms with E-state index in [-0.39, 0.29) is 0 Å². The fourth-order valence-corrected chi connectivity index (χ4v) is 2.36. The smallest absolute Gasteiger partial charge is 0.323 e. The van der Waals surface area contributed by atoms with E-state index >= 15 is 0 Å². The van der Waals surface area contributed by atoms with Crippen LogP contribution < -0.4 is 4.57 Å². The maximum absolute atomic E-state index is 5.54. The van der Waals surface area contributed by atoms with E-state index in [4.69, 9.17) is 4.42 Å². The minimum Gasteiger partial charge on any atom is -0.456 e. The number of nitrogens with one attached hydrogen (secondary N) is 1. The molecule has 3 nitrogen and oxygen atoms in total. The van der Waals surface area contributed by atoms with Crippen LogP contribution in [0.3, 0.4) is 0 Å². The van der Waals surface area contributed by atoms with Gasteiger partial charge in [0.25, 0.3) is 0 Å². The maximum atomic E-state index is 5.54. The quantitative estimate of drug-likeness (QED) is 0.707. The molecule has 3 aromatic rings. The first-order valence-corrected chi connectivity index (χ1v) is 6.80. The van der Waals surface area contributed by atoms with Crippen molar-refractivity contribution in [3.8, 4) is 11.6 Å². The number of furan rings is 1. The fourth-order valence-electron chi connectivity index (χ4n) is 2.36. The molecule has 0 aliphatic heterocycles. The summed E-state index contributed by atoms with van der Waals surface area (Å²) in [6, 6.07) is 12.3. The van der Waals surface area contributed by atoms with Gasteiger partial charge >= 0.3 is 5.82 Å². The number of imidazole rings is 1. The molecule has 19 heavy (non-hydrogen) atoms. The van der Waals surface area contributed by atoms with Gasteiger partial charge in [0.05, 0.1) is 12.8 Å². The zero-order valence-corrected chi connectivity index (χ0v) is 11.4. The van der Waals surface area contributed by atoms with Gasteiger partial charge in [-0.3, -0.25) is 0 Å². The molecule has 0 amide bonds. The summed E-state index contributed by atoms with van der Waals surface area (Å²) in [7, 11) is 0. The number of hydrogen-bond donors (Lipinski definition) is 1. The van der Waals surface area contributed by atoms with Crippen molar-refractivity contribution in [2.45, 2.75) is 26.8 Å². The van der Waals surface area contributed by atoms with Crippen molar-refractivity contribution in [2.75, 3.05) is 0 Å². The predicted octanol–water partition coefficient (Wildman–Crippen LogP) is 3.76. The Morgan fingerprint density at radius 3 is 2.74 bits per heavy atom. The average molecular weight is 255 g/mol. The van der Waals surface area contributed by atoms with Gasteiger partial charge in [-0.15, -0.1) is 0 Å². The molecule has 98 valence electrons. The van der Waals surface area contributed by atoms with Crippen LogP contribution in [0.1, 0.15) is 20.3 Å². The van der Waals surface area contributed by atoms with E-state index in [1.54, 1.807) is 6.26 Å². The van der Waals surface area contributed by atoms with E-state index in [2.05, 4.69) is 47.7 Å². The molecule has 2 heterocycles. The molecule has 0 aliphatic rings.